The Kier molecular flexibility index (Phi) is 6.72. The molecule has 10 heteroatoms. The normalized spacial score (nSPS) is 11.4. The molecule has 0 aromatic heterocycles. The molecule has 0 spiro atoms. The number of methoxy groups -OCH3 is 1. The number of amides is 1. The molecule has 0 radical (unpaired) electrons. The van der Waals surface area contributed by atoms with Crippen LogP contribution in [0.3, 0.4) is 0 Å². The molecule has 0 atom stereocenters. The van der Waals surface area contributed by atoms with Crippen molar-refractivity contribution in [2.45, 2.75) is 12.1 Å². The van der Waals surface area contributed by atoms with E-state index in [2.05, 4.69) is 10.1 Å². The molecule has 0 unspecified atom stereocenters. The van der Waals surface area contributed by atoms with Crippen LogP contribution in [0.1, 0.15) is 10.4 Å². The lowest BCUT2D eigenvalue weighted by Crippen LogP contribution is -2.26. The Labute approximate surface area is 127 Å². The smallest absolute Gasteiger partial charge is 0.441 e. The molecule has 124 valence electrons. The van der Waals surface area contributed by atoms with E-state index in [0.29, 0.717) is 0 Å². The molecule has 0 bridgehead atoms. The predicted octanol–water partition coefficient (Wildman–Crippen LogP) is 3.28. The SMILES string of the molecule is COc1cc(C(=O)NCCSC(F)(F)F)ccc1OC(F)F. The Hall–Kier alpha value is -1.71. The number of thioether (sulfide) groups is 1. The number of rotatable bonds is 7. The van der Waals surface area contributed by atoms with Crippen molar-refractivity contribution in [1.82, 2.24) is 5.32 Å². The van der Waals surface area contributed by atoms with Crippen molar-refractivity contribution < 1.29 is 36.2 Å². The summed E-state index contributed by atoms with van der Waals surface area (Å²) in [7, 11) is 1.20. The number of benzene rings is 1. The number of hydrogen-bond acceptors (Lipinski definition) is 4. The summed E-state index contributed by atoms with van der Waals surface area (Å²) in [4.78, 5) is 11.7. The van der Waals surface area contributed by atoms with E-state index in [1.165, 1.54) is 13.2 Å². The molecule has 1 aromatic rings. The van der Waals surface area contributed by atoms with E-state index >= 15 is 0 Å². The fourth-order valence-electron chi connectivity index (χ4n) is 1.44. The zero-order valence-corrected chi connectivity index (χ0v) is 12.1. The standard InChI is InChI=1S/C12H12F5NO3S/c1-20-9-6-7(2-3-8(9)21-11(13)14)10(19)18-4-5-22-12(15,16)17/h2-3,6,11H,4-5H2,1H3,(H,18,19). The van der Waals surface area contributed by atoms with Gasteiger partial charge < -0.3 is 14.8 Å². The second-order valence-corrected chi connectivity index (χ2v) is 4.95. The number of ether oxygens (including phenoxy) is 2. The second kappa shape index (κ2) is 8.06. The van der Waals surface area contributed by atoms with Crippen molar-refractivity contribution in [3.63, 3.8) is 0 Å². The van der Waals surface area contributed by atoms with Gasteiger partial charge in [0.25, 0.3) is 5.91 Å². The van der Waals surface area contributed by atoms with Crippen molar-refractivity contribution >= 4 is 17.7 Å². The minimum atomic E-state index is -4.36. The highest BCUT2D eigenvalue weighted by atomic mass is 32.2. The Morgan fingerprint density at radius 3 is 2.55 bits per heavy atom. The van der Waals surface area contributed by atoms with Gasteiger partial charge in [-0.2, -0.15) is 22.0 Å². The average molecular weight is 345 g/mol. The third-order valence-electron chi connectivity index (χ3n) is 2.30. The summed E-state index contributed by atoms with van der Waals surface area (Å²) in [5, 5.41) is 2.28. The van der Waals surface area contributed by atoms with Gasteiger partial charge in [0.15, 0.2) is 11.5 Å². The van der Waals surface area contributed by atoms with Crippen LogP contribution in [0.5, 0.6) is 11.5 Å². The van der Waals surface area contributed by atoms with Crippen LogP contribution in [0, 0.1) is 0 Å². The third-order valence-corrected chi connectivity index (χ3v) is 3.03. The lowest BCUT2D eigenvalue weighted by atomic mass is 10.2. The molecule has 0 saturated carbocycles. The van der Waals surface area contributed by atoms with Gasteiger partial charge in [0.1, 0.15) is 0 Å². The summed E-state index contributed by atoms with van der Waals surface area (Å²) >= 11 is -0.255. The summed E-state index contributed by atoms with van der Waals surface area (Å²) in [6, 6.07) is 3.47. The fourth-order valence-corrected chi connectivity index (χ4v) is 1.87. The van der Waals surface area contributed by atoms with Gasteiger partial charge in [0.05, 0.1) is 7.11 Å². The number of halogens is 5. The van der Waals surface area contributed by atoms with Gasteiger partial charge >= 0.3 is 12.1 Å². The maximum atomic E-state index is 12.1. The number of alkyl halides is 5. The summed E-state index contributed by atoms with van der Waals surface area (Å²) < 4.78 is 69.0. The molecule has 0 heterocycles. The number of carbonyl (C=O) groups is 1. The van der Waals surface area contributed by atoms with E-state index in [-0.39, 0.29) is 41.1 Å². The molecule has 1 aromatic carbocycles. The van der Waals surface area contributed by atoms with E-state index in [4.69, 9.17) is 4.74 Å². The molecule has 4 nitrogen and oxygen atoms in total. The van der Waals surface area contributed by atoms with Gasteiger partial charge in [-0.15, -0.1) is 0 Å². The molecule has 1 rings (SSSR count). The van der Waals surface area contributed by atoms with Crippen LogP contribution in [0.2, 0.25) is 0 Å². The van der Waals surface area contributed by atoms with Crippen LogP contribution in [0.15, 0.2) is 18.2 Å². The zero-order valence-electron chi connectivity index (χ0n) is 11.2. The number of carbonyl (C=O) groups excluding carboxylic acids is 1. The Balaban J connectivity index is 2.62. The molecule has 0 aliphatic carbocycles. The van der Waals surface area contributed by atoms with Crippen LogP contribution < -0.4 is 14.8 Å². The highest BCUT2D eigenvalue weighted by Gasteiger charge is 2.27. The van der Waals surface area contributed by atoms with Gasteiger partial charge in [0.2, 0.25) is 0 Å². The van der Waals surface area contributed by atoms with Gasteiger partial charge in [-0.3, -0.25) is 4.79 Å². The van der Waals surface area contributed by atoms with Crippen LogP contribution in [-0.4, -0.2) is 37.4 Å². The van der Waals surface area contributed by atoms with Crippen molar-refractivity contribution in [3.05, 3.63) is 23.8 Å². The molecular formula is C12H12F5NO3S. The highest BCUT2D eigenvalue weighted by molar-refractivity contribution is 8.00. The van der Waals surface area contributed by atoms with Crippen LogP contribution in [0.25, 0.3) is 0 Å². The lowest BCUT2D eigenvalue weighted by molar-refractivity contribution is -0.0512. The van der Waals surface area contributed by atoms with E-state index in [1.807, 2.05) is 0 Å². The van der Waals surface area contributed by atoms with E-state index in [0.717, 1.165) is 12.1 Å². The van der Waals surface area contributed by atoms with Gasteiger partial charge in [0, 0.05) is 17.9 Å². The first-order valence-corrected chi connectivity index (χ1v) is 6.83. The minimum Gasteiger partial charge on any atom is -0.493 e. The van der Waals surface area contributed by atoms with Crippen LogP contribution in [0.4, 0.5) is 22.0 Å². The molecule has 0 saturated heterocycles. The molecule has 0 aliphatic heterocycles. The fraction of sp³-hybridized carbons (Fsp3) is 0.417. The van der Waals surface area contributed by atoms with Crippen molar-refractivity contribution in [3.8, 4) is 11.5 Å². The second-order valence-electron chi connectivity index (χ2n) is 3.79. The summed E-state index contributed by atoms with van der Waals surface area (Å²) in [6.07, 6.45) is 0. The summed E-state index contributed by atoms with van der Waals surface area (Å²) in [5.74, 6) is -1.32. The predicted molar refractivity (Wildman–Crippen MR) is 70.5 cm³/mol. The van der Waals surface area contributed by atoms with Crippen molar-refractivity contribution in [1.29, 1.82) is 0 Å². The quantitative estimate of drug-likeness (QED) is 0.609. The molecule has 1 amide bonds. The first-order valence-electron chi connectivity index (χ1n) is 5.84. The highest BCUT2D eigenvalue weighted by Crippen LogP contribution is 2.30. The largest absolute Gasteiger partial charge is 0.493 e. The third kappa shape index (κ3) is 6.37. The van der Waals surface area contributed by atoms with Gasteiger partial charge in [-0.1, -0.05) is 0 Å². The number of hydrogen-bond donors (Lipinski definition) is 1. The molecule has 0 aliphatic rings. The Bertz CT molecular complexity index is 510. The zero-order chi connectivity index (χ0) is 16.8. The Morgan fingerprint density at radius 2 is 2.00 bits per heavy atom. The first kappa shape index (κ1) is 18.3. The Morgan fingerprint density at radius 1 is 1.32 bits per heavy atom. The van der Waals surface area contributed by atoms with Gasteiger partial charge in [-0.25, -0.2) is 0 Å². The maximum absolute atomic E-state index is 12.1. The summed E-state index contributed by atoms with van der Waals surface area (Å²) in [6.45, 7) is -3.24. The van der Waals surface area contributed by atoms with E-state index in [9.17, 15) is 26.7 Å². The molecule has 22 heavy (non-hydrogen) atoms. The van der Waals surface area contributed by atoms with Crippen LogP contribution >= 0.6 is 11.8 Å². The van der Waals surface area contributed by atoms with E-state index in [1.54, 1.807) is 0 Å². The molecule has 0 fully saturated rings. The summed E-state index contributed by atoms with van der Waals surface area (Å²) in [5.41, 5.74) is -4.31. The van der Waals surface area contributed by atoms with Crippen LogP contribution in [-0.2, 0) is 0 Å². The number of nitrogens with one attached hydrogen (secondary N) is 1. The van der Waals surface area contributed by atoms with Crippen molar-refractivity contribution in [2.75, 3.05) is 19.4 Å². The lowest BCUT2D eigenvalue weighted by Gasteiger charge is -2.11. The topological polar surface area (TPSA) is 47.6 Å². The van der Waals surface area contributed by atoms with E-state index < -0.39 is 18.0 Å². The molecule has 1 N–H and O–H groups in total. The monoisotopic (exact) mass is 345 g/mol. The minimum absolute atomic E-state index is 0.0514. The maximum Gasteiger partial charge on any atom is 0.441 e. The van der Waals surface area contributed by atoms with Crippen molar-refractivity contribution in [2.24, 2.45) is 0 Å². The van der Waals surface area contributed by atoms with Gasteiger partial charge in [-0.05, 0) is 30.0 Å². The average Bonchev–Trinajstić information content (AvgIpc) is 2.42. The molecular weight excluding hydrogens is 333 g/mol. The first-order chi connectivity index (χ1) is 10.2.